The highest BCUT2D eigenvalue weighted by Gasteiger charge is 2.33. The van der Waals surface area contributed by atoms with Crippen LogP contribution < -0.4 is 10.6 Å². The van der Waals surface area contributed by atoms with Gasteiger partial charge in [-0.3, -0.25) is 0 Å². The minimum Gasteiger partial charge on any atom is -0.335 e. The molecule has 3 heteroatoms. The van der Waals surface area contributed by atoms with Crippen molar-refractivity contribution in [3.8, 4) is 0 Å². The van der Waals surface area contributed by atoms with E-state index in [-0.39, 0.29) is 18.1 Å². The Bertz CT molecular complexity index is 396. The number of amides is 2. The molecule has 1 atom stereocenters. The third-order valence-corrected chi connectivity index (χ3v) is 3.86. The molecule has 2 amide bonds. The van der Waals surface area contributed by atoms with Crippen LogP contribution in [0.1, 0.15) is 51.1 Å². The zero-order valence-electron chi connectivity index (χ0n) is 11.9. The zero-order chi connectivity index (χ0) is 13.7. The molecular weight excluding hydrogens is 236 g/mol. The summed E-state index contributed by atoms with van der Waals surface area (Å²) >= 11 is 0. The first kappa shape index (κ1) is 13.9. The summed E-state index contributed by atoms with van der Waals surface area (Å²) in [4.78, 5) is 12.1. The van der Waals surface area contributed by atoms with Crippen LogP contribution in [0.5, 0.6) is 0 Å². The highest BCUT2D eigenvalue weighted by Crippen LogP contribution is 2.40. The standard InChI is InChI=1S/C16H24N2O/c1-3-14(4-2)17-16(19)18-15(13-10-11-13)12-8-6-5-7-9-12/h5-9,13-15H,3-4,10-11H2,1-2H3,(H2,17,18,19). The fourth-order valence-electron chi connectivity index (χ4n) is 2.42. The molecule has 104 valence electrons. The maximum absolute atomic E-state index is 12.1. The highest BCUT2D eigenvalue weighted by atomic mass is 16.2. The molecular formula is C16H24N2O. The average Bonchev–Trinajstić information content (AvgIpc) is 3.27. The third-order valence-electron chi connectivity index (χ3n) is 3.86. The van der Waals surface area contributed by atoms with Crippen LogP contribution in [0.25, 0.3) is 0 Å². The number of benzene rings is 1. The molecule has 1 saturated carbocycles. The van der Waals surface area contributed by atoms with E-state index in [1.165, 1.54) is 18.4 Å². The van der Waals surface area contributed by atoms with E-state index in [1.807, 2.05) is 18.2 Å². The lowest BCUT2D eigenvalue weighted by molar-refractivity contribution is 0.230. The molecule has 1 unspecified atom stereocenters. The van der Waals surface area contributed by atoms with Gasteiger partial charge in [-0.05, 0) is 37.2 Å². The molecule has 0 bridgehead atoms. The van der Waals surface area contributed by atoms with Crippen molar-refractivity contribution in [2.24, 2.45) is 5.92 Å². The highest BCUT2D eigenvalue weighted by molar-refractivity contribution is 5.74. The first-order chi connectivity index (χ1) is 9.24. The molecule has 1 aliphatic carbocycles. The summed E-state index contributed by atoms with van der Waals surface area (Å²) in [5.41, 5.74) is 1.21. The normalized spacial score (nSPS) is 16.2. The first-order valence-electron chi connectivity index (χ1n) is 7.36. The van der Waals surface area contributed by atoms with Crippen LogP contribution in [0.4, 0.5) is 4.79 Å². The Morgan fingerprint density at radius 1 is 1.16 bits per heavy atom. The fraction of sp³-hybridized carbons (Fsp3) is 0.562. The molecule has 1 fully saturated rings. The van der Waals surface area contributed by atoms with Gasteiger partial charge in [-0.1, -0.05) is 44.2 Å². The van der Waals surface area contributed by atoms with Gasteiger partial charge in [0.25, 0.3) is 0 Å². The minimum atomic E-state index is -0.0329. The quantitative estimate of drug-likeness (QED) is 0.805. The van der Waals surface area contributed by atoms with Crippen molar-refractivity contribution in [2.45, 2.75) is 51.6 Å². The number of rotatable bonds is 6. The minimum absolute atomic E-state index is 0.0329. The van der Waals surface area contributed by atoms with Gasteiger partial charge < -0.3 is 10.6 Å². The molecule has 1 aromatic carbocycles. The second-order valence-corrected chi connectivity index (χ2v) is 5.36. The summed E-state index contributed by atoms with van der Waals surface area (Å²) in [7, 11) is 0. The Morgan fingerprint density at radius 3 is 2.32 bits per heavy atom. The lowest BCUT2D eigenvalue weighted by Gasteiger charge is -2.22. The van der Waals surface area contributed by atoms with Crippen LogP contribution in [0, 0.1) is 5.92 Å². The van der Waals surface area contributed by atoms with Crippen LogP contribution in [-0.4, -0.2) is 12.1 Å². The van der Waals surface area contributed by atoms with E-state index < -0.39 is 0 Å². The predicted octanol–water partition coefficient (Wildman–Crippen LogP) is 3.63. The van der Waals surface area contributed by atoms with Crippen LogP contribution in [0.15, 0.2) is 30.3 Å². The van der Waals surface area contributed by atoms with Gasteiger partial charge in [-0.25, -0.2) is 4.79 Å². The van der Waals surface area contributed by atoms with Crippen molar-refractivity contribution >= 4 is 6.03 Å². The Balaban J connectivity index is 1.96. The second kappa shape index (κ2) is 6.60. The SMILES string of the molecule is CCC(CC)NC(=O)NC(c1ccccc1)C1CC1. The van der Waals surface area contributed by atoms with Gasteiger partial charge in [0, 0.05) is 6.04 Å². The Hall–Kier alpha value is -1.51. The molecule has 1 aliphatic rings. The van der Waals surface area contributed by atoms with Crippen LogP contribution in [-0.2, 0) is 0 Å². The largest absolute Gasteiger partial charge is 0.335 e. The maximum atomic E-state index is 12.1. The van der Waals surface area contributed by atoms with Gasteiger partial charge in [0.15, 0.2) is 0 Å². The van der Waals surface area contributed by atoms with Crippen molar-refractivity contribution in [1.82, 2.24) is 10.6 Å². The lowest BCUT2D eigenvalue weighted by atomic mass is 10.0. The smallest absolute Gasteiger partial charge is 0.315 e. The average molecular weight is 260 g/mol. The van der Waals surface area contributed by atoms with Gasteiger partial charge in [-0.15, -0.1) is 0 Å². The monoisotopic (exact) mass is 260 g/mol. The molecule has 0 aromatic heterocycles. The third kappa shape index (κ3) is 3.98. The molecule has 2 rings (SSSR count). The fourth-order valence-corrected chi connectivity index (χ4v) is 2.42. The number of urea groups is 1. The van der Waals surface area contributed by atoms with E-state index in [1.54, 1.807) is 0 Å². The Morgan fingerprint density at radius 2 is 1.79 bits per heavy atom. The van der Waals surface area contributed by atoms with Crippen molar-refractivity contribution in [3.05, 3.63) is 35.9 Å². The zero-order valence-corrected chi connectivity index (χ0v) is 11.9. The Labute approximate surface area is 115 Å². The summed E-state index contributed by atoms with van der Waals surface area (Å²) in [5, 5.41) is 6.19. The van der Waals surface area contributed by atoms with Crippen molar-refractivity contribution < 1.29 is 4.79 Å². The van der Waals surface area contributed by atoms with Gasteiger partial charge in [-0.2, -0.15) is 0 Å². The number of hydrogen-bond donors (Lipinski definition) is 2. The van der Waals surface area contributed by atoms with Crippen molar-refractivity contribution in [3.63, 3.8) is 0 Å². The summed E-state index contributed by atoms with van der Waals surface area (Å²) in [6.07, 6.45) is 4.38. The molecule has 19 heavy (non-hydrogen) atoms. The Kier molecular flexibility index (Phi) is 4.83. The maximum Gasteiger partial charge on any atom is 0.315 e. The lowest BCUT2D eigenvalue weighted by Crippen LogP contribution is -2.43. The summed E-state index contributed by atoms with van der Waals surface area (Å²) in [6, 6.07) is 10.7. The van der Waals surface area contributed by atoms with Crippen LogP contribution in [0.2, 0.25) is 0 Å². The molecule has 0 aliphatic heterocycles. The van der Waals surface area contributed by atoms with Crippen LogP contribution >= 0.6 is 0 Å². The van der Waals surface area contributed by atoms with E-state index >= 15 is 0 Å². The molecule has 0 radical (unpaired) electrons. The molecule has 1 aromatic rings. The van der Waals surface area contributed by atoms with Gasteiger partial charge in [0.1, 0.15) is 0 Å². The summed E-state index contributed by atoms with van der Waals surface area (Å²) < 4.78 is 0. The molecule has 0 spiro atoms. The van der Waals surface area contributed by atoms with Gasteiger partial charge in [0.2, 0.25) is 0 Å². The van der Waals surface area contributed by atoms with Gasteiger partial charge >= 0.3 is 6.03 Å². The number of nitrogens with one attached hydrogen (secondary N) is 2. The molecule has 3 nitrogen and oxygen atoms in total. The van der Waals surface area contributed by atoms with E-state index in [4.69, 9.17) is 0 Å². The van der Waals surface area contributed by atoms with Crippen molar-refractivity contribution in [1.29, 1.82) is 0 Å². The second-order valence-electron chi connectivity index (χ2n) is 5.36. The first-order valence-corrected chi connectivity index (χ1v) is 7.36. The van der Waals surface area contributed by atoms with E-state index in [0.717, 1.165) is 12.8 Å². The number of carbonyl (C=O) groups excluding carboxylic acids is 1. The number of carbonyl (C=O) groups is 1. The van der Waals surface area contributed by atoms with Gasteiger partial charge in [0.05, 0.1) is 6.04 Å². The van der Waals surface area contributed by atoms with Crippen molar-refractivity contribution in [2.75, 3.05) is 0 Å². The van der Waals surface area contributed by atoms with E-state index in [9.17, 15) is 4.79 Å². The molecule has 2 N–H and O–H groups in total. The van der Waals surface area contributed by atoms with Crippen LogP contribution in [0.3, 0.4) is 0 Å². The number of hydrogen-bond acceptors (Lipinski definition) is 1. The summed E-state index contributed by atoms with van der Waals surface area (Å²) in [6.45, 7) is 4.20. The summed E-state index contributed by atoms with van der Waals surface area (Å²) in [5.74, 6) is 0.606. The predicted molar refractivity (Wildman–Crippen MR) is 77.9 cm³/mol. The molecule has 0 heterocycles. The molecule has 0 saturated heterocycles. The van der Waals surface area contributed by atoms with E-state index in [2.05, 4.69) is 36.6 Å². The van der Waals surface area contributed by atoms with E-state index in [0.29, 0.717) is 5.92 Å². The topological polar surface area (TPSA) is 41.1 Å².